The Hall–Kier alpha value is -0.500. The zero-order chi connectivity index (χ0) is 15.0. The smallest absolute Gasteiger partial charge is 0.335 e. The molecule has 0 bridgehead atoms. The molecule has 0 radical (unpaired) electrons. The number of halogens is 2. The van der Waals surface area contributed by atoms with Crippen molar-refractivity contribution in [2.45, 2.75) is 6.54 Å². The van der Waals surface area contributed by atoms with Crippen molar-refractivity contribution in [2.24, 2.45) is 0 Å². The number of hydrogen-bond acceptors (Lipinski definition) is 4. The molecule has 0 atom stereocenters. The lowest BCUT2D eigenvalue weighted by Crippen LogP contribution is -2.43. The van der Waals surface area contributed by atoms with Crippen LogP contribution in [0.15, 0.2) is 24.3 Å². The van der Waals surface area contributed by atoms with Gasteiger partial charge in [-0.15, -0.1) is 0 Å². The average Bonchev–Trinajstić information content (AvgIpc) is 2.43. The van der Waals surface area contributed by atoms with Crippen LogP contribution in [0.5, 0.6) is 0 Å². The molecule has 8 heteroatoms. The molecule has 1 aliphatic heterocycles. The lowest BCUT2D eigenvalue weighted by Gasteiger charge is -2.32. The molecular formula is C13H20Cl2N2O3S. The summed E-state index contributed by atoms with van der Waals surface area (Å²) in [5.41, 5.74) is 1.53. The van der Waals surface area contributed by atoms with E-state index in [0.29, 0.717) is 5.56 Å². The van der Waals surface area contributed by atoms with Crippen molar-refractivity contribution in [3.63, 3.8) is 0 Å². The highest BCUT2D eigenvalue weighted by Gasteiger charge is 2.13. The minimum atomic E-state index is -0.865. The second kappa shape index (κ2) is 11.1. The Morgan fingerprint density at radius 1 is 1.19 bits per heavy atom. The van der Waals surface area contributed by atoms with Gasteiger partial charge in [-0.3, -0.25) is 4.90 Å². The Labute approximate surface area is 142 Å². The van der Waals surface area contributed by atoms with Crippen LogP contribution in [0.3, 0.4) is 0 Å². The molecule has 0 unspecified atom stereocenters. The van der Waals surface area contributed by atoms with E-state index in [2.05, 4.69) is 44.4 Å². The van der Waals surface area contributed by atoms with E-state index < -0.39 is 5.97 Å². The first-order valence-electron chi connectivity index (χ1n) is 6.19. The Morgan fingerprint density at radius 2 is 1.67 bits per heavy atom. The number of likely N-dealkylation sites (N-methyl/N-ethyl adjacent to an activating group) is 1. The zero-order valence-electron chi connectivity index (χ0n) is 11.8. The normalized spacial score (nSPS) is 15.6. The van der Waals surface area contributed by atoms with Crippen molar-refractivity contribution in [3.05, 3.63) is 35.4 Å². The predicted octanol–water partition coefficient (Wildman–Crippen LogP) is 2.56. The fraction of sp³-hybridized carbons (Fsp3) is 0.462. The first-order chi connectivity index (χ1) is 9.56. The van der Waals surface area contributed by atoms with Crippen LogP contribution < -0.4 is 0 Å². The van der Waals surface area contributed by atoms with Crippen molar-refractivity contribution in [2.75, 3.05) is 33.2 Å². The predicted molar refractivity (Wildman–Crippen MR) is 89.3 cm³/mol. The van der Waals surface area contributed by atoms with Gasteiger partial charge in [0.1, 0.15) is 0 Å². The molecule has 0 spiro atoms. The lowest BCUT2D eigenvalue weighted by atomic mass is 10.1. The van der Waals surface area contributed by atoms with Gasteiger partial charge in [-0.1, -0.05) is 12.1 Å². The molecular weight excluding hydrogens is 335 g/mol. The van der Waals surface area contributed by atoms with Gasteiger partial charge in [-0.2, -0.15) is 17.3 Å². The van der Waals surface area contributed by atoms with Crippen molar-refractivity contribution in [3.8, 4) is 0 Å². The number of rotatable bonds is 3. The molecule has 120 valence electrons. The van der Waals surface area contributed by atoms with E-state index in [1.165, 1.54) is 5.56 Å². The molecule has 5 nitrogen and oxygen atoms in total. The number of hydrogen-bond donors (Lipinski definition) is 1. The van der Waals surface area contributed by atoms with Gasteiger partial charge in [0.25, 0.3) is 0 Å². The van der Waals surface area contributed by atoms with Crippen LogP contribution >= 0.6 is 37.2 Å². The van der Waals surface area contributed by atoms with Gasteiger partial charge in [-0.05, 0) is 24.7 Å². The van der Waals surface area contributed by atoms with Gasteiger partial charge < -0.3 is 10.0 Å². The Kier molecular flexibility index (Phi) is 10.9. The third kappa shape index (κ3) is 7.90. The fourth-order valence-corrected chi connectivity index (χ4v) is 2.02. The highest BCUT2D eigenvalue weighted by molar-refractivity contribution is 7.59. The number of carboxylic acids is 1. The van der Waals surface area contributed by atoms with Gasteiger partial charge in [0.15, 0.2) is 0 Å². The summed E-state index contributed by atoms with van der Waals surface area (Å²) in [6.07, 6.45) is 0. The second-order valence-corrected chi connectivity index (χ2v) is 5.11. The van der Waals surface area contributed by atoms with Crippen LogP contribution in [-0.2, 0) is 10.4 Å². The molecule has 1 aromatic rings. The summed E-state index contributed by atoms with van der Waals surface area (Å²) in [6.45, 7) is 5.28. The first kappa shape index (κ1) is 20.5. The van der Waals surface area contributed by atoms with Crippen LogP contribution in [0.2, 0.25) is 0 Å². The van der Waals surface area contributed by atoms with Gasteiger partial charge in [-0.25, -0.2) is 4.79 Å². The van der Waals surface area contributed by atoms with Crippen LogP contribution in [0, 0.1) is 0 Å². The van der Waals surface area contributed by atoms with E-state index in [1.54, 1.807) is 12.1 Å². The standard InChI is InChI=1S/C13H18N2O2.Cl2O.H2S/c1-14-6-8-15(9-7-14)10-11-2-4-12(5-3-11)13(16)17;1-3-2;/h2-5H,6-10H2,1H3,(H,16,17);;1H2. The summed E-state index contributed by atoms with van der Waals surface area (Å²) in [5.74, 6) is -0.865. The monoisotopic (exact) mass is 354 g/mol. The van der Waals surface area contributed by atoms with Crippen LogP contribution in [0.1, 0.15) is 15.9 Å². The van der Waals surface area contributed by atoms with Crippen molar-refractivity contribution in [1.82, 2.24) is 9.80 Å². The fourth-order valence-electron chi connectivity index (χ4n) is 2.02. The number of aromatic carboxylic acids is 1. The van der Waals surface area contributed by atoms with Crippen molar-refractivity contribution < 1.29 is 13.7 Å². The molecule has 1 heterocycles. The number of piperazine rings is 1. The van der Waals surface area contributed by atoms with Crippen molar-refractivity contribution in [1.29, 1.82) is 0 Å². The summed E-state index contributed by atoms with van der Waals surface area (Å²) in [4.78, 5) is 15.4. The van der Waals surface area contributed by atoms with E-state index in [-0.39, 0.29) is 13.5 Å². The molecule has 0 aromatic heterocycles. The number of nitrogens with zero attached hydrogens (tertiary/aromatic N) is 2. The van der Waals surface area contributed by atoms with Gasteiger partial charge in [0.2, 0.25) is 0 Å². The first-order valence-corrected chi connectivity index (χ1v) is 6.81. The summed E-state index contributed by atoms with van der Waals surface area (Å²) in [7, 11) is 2.14. The molecule has 0 aliphatic carbocycles. The SMILES string of the molecule is CN1CCN(Cc2ccc(C(=O)O)cc2)CC1.ClOCl.S. The number of carbonyl (C=O) groups is 1. The highest BCUT2D eigenvalue weighted by Crippen LogP contribution is 2.09. The molecule has 1 aromatic carbocycles. The number of carboxylic acid groups (broad SMARTS) is 1. The van der Waals surface area contributed by atoms with Gasteiger partial charge in [0, 0.05) is 32.7 Å². The van der Waals surface area contributed by atoms with E-state index in [9.17, 15) is 4.79 Å². The zero-order valence-corrected chi connectivity index (χ0v) is 14.3. The van der Waals surface area contributed by atoms with E-state index in [4.69, 9.17) is 5.11 Å². The molecule has 1 saturated heterocycles. The van der Waals surface area contributed by atoms with Crippen LogP contribution in [0.4, 0.5) is 0 Å². The average molecular weight is 355 g/mol. The maximum absolute atomic E-state index is 10.7. The molecule has 1 aliphatic rings. The minimum absolute atomic E-state index is 0. The Morgan fingerprint density at radius 3 is 2.10 bits per heavy atom. The topological polar surface area (TPSA) is 53.0 Å². The molecule has 21 heavy (non-hydrogen) atoms. The maximum atomic E-state index is 10.7. The van der Waals surface area contributed by atoms with Gasteiger partial charge in [0.05, 0.1) is 29.3 Å². The van der Waals surface area contributed by atoms with Crippen LogP contribution in [-0.4, -0.2) is 54.1 Å². The molecule has 1 fully saturated rings. The molecule has 2 rings (SSSR count). The maximum Gasteiger partial charge on any atom is 0.335 e. The Bertz CT molecular complexity index is 412. The molecule has 0 saturated carbocycles. The summed E-state index contributed by atoms with van der Waals surface area (Å²) in [5, 5.41) is 8.81. The quantitative estimate of drug-likeness (QED) is 0.903. The van der Waals surface area contributed by atoms with E-state index in [1.807, 2.05) is 12.1 Å². The summed E-state index contributed by atoms with van der Waals surface area (Å²) >= 11 is 8.53. The third-order valence-electron chi connectivity index (χ3n) is 3.20. The minimum Gasteiger partial charge on any atom is -0.478 e. The molecule has 0 amide bonds. The van der Waals surface area contributed by atoms with Crippen LogP contribution in [0.25, 0.3) is 0 Å². The highest BCUT2D eigenvalue weighted by atomic mass is 35.6. The summed E-state index contributed by atoms with van der Waals surface area (Å²) in [6, 6.07) is 7.16. The van der Waals surface area contributed by atoms with E-state index >= 15 is 0 Å². The summed E-state index contributed by atoms with van der Waals surface area (Å²) < 4.78 is 3.19. The number of benzene rings is 1. The largest absolute Gasteiger partial charge is 0.478 e. The lowest BCUT2D eigenvalue weighted by molar-refractivity contribution is 0.0697. The molecule has 1 N–H and O–H groups in total. The van der Waals surface area contributed by atoms with Crippen molar-refractivity contribution >= 4 is 43.2 Å². The second-order valence-electron chi connectivity index (χ2n) is 4.64. The Balaban J connectivity index is 0.000000922. The third-order valence-corrected chi connectivity index (χ3v) is 3.20. The van der Waals surface area contributed by atoms with E-state index in [0.717, 1.165) is 32.7 Å². The van der Waals surface area contributed by atoms with Gasteiger partial charge >= 0.3 is 5.97 Å².